The second-order valence-electron chi connectivity index (χ2n) is 6.86. The first kappa shape index (κ1) is 18.4. The fourth-order valence-electron chi connectivity index (χ4n) is 3.26. The molecule has 2 aromatic rings. The van der Waals surface area contributed by atoms with Crippen molar-refractivity contribution < 1.29 is 9.53 Å². The fraction of sp³-hybridized carbons (Fsp3) is 0.550. The molecule has 1 aromatic heterocycles. The zero-order valence-corrected chi connectivity index (χ0v) is 15.5. The molecule has 1 amide bonds. The molecule has 1 aliphatic heterocycles. The van der Waals surface area contributed by atoms with E-state index in [-0.39, 0.29) is 5.91 Å². The van der Waals surface area contributed by atoms with Gasteiger partial charge in [0.15, 0.2) is 0 Å². The quantitative estimate of drug-likeness (QED) is 0.739. The van der Waals surface area contributed by atoms with Gasteiger partial charge in [-0.1, -0.05) is 18.6 Å². The van der Waals surface area contributed by atoms with Crippen molar-refractivity contribution in [1.29, 1.82) is 0 Å². The Bertz CT molecular complexity index is 726. The third-order valence-corrected chi connectivity index (χ3v) is 4.66. The Balaban J connectivity index is 1.33. The maximum atomic E-state index is 12.0. The van der Waals surface area contributed by atoms with Crippen molar-refractivity contribution in [2.45, 2.75) is 58.4 Å². The molecule has 140 valence electrons. The highest BCUT2D eigenvalue weighted by Crippen LogP contribution is 2.15. The van der Waals surface area contributed by atoms with Crippen LogP contribution < -0.4 is 10.1 Å². The van der Waals surface area contributed by atoms with Crippen LogP contribution in [-0.4, -0.2) is 33.8 Å². The van der Waals surface area contributed by atoms with E-state index in [1.54, 1.807) is 0 Å². The summed E-state index contributed by atoms with van der Waals surface area (Å²) < 4.78 is 7.90. The molecule has 1 aromatic carbocycles. The molecule has 0 bridgehead atoms. The van der Waals surface area contributed by atoms with Crippen molar-refractivity contribution in [3.8, 4) is 5.75 Å². The zero-order chi connectivity index (χ0) is 18.2. The molecule has 6 heteroatoms. The van der Waals surface area contributed by atoms with Gasteiger partial charge in [-0.05, 0) is 43.9 Å². The van der Waals surface area contributed by atoms with E-state index in [9.17, 15) is 4.79 Å². The molecule has 0 unspecified atom stereocenters. The molecule has 1 aliphatic rings. The minimum Gasteiger partial charge on any atom is -0.494 e. The smallest absolute Gasteiger partial charge is 0.220 e. The Kier molecular flexibility index (Phi) is 6.63. The summed E-state index contributed by atoms with van der Waals surface area (Å²) in [6.45, 7) is 4.20. The predicted octanol–water partition coefficient (Wildman–Crippen LogP) is 2.83. The largest absolute Gasteiger partial charge is 0.494 e. The summed E-state index contributed by atoms with van der Waals surface area (Å²) in [5.41, 5.74) is 1.17. The molecule has 26 heavy (non-hydrogen) atoms. The number of nitrogens with one attached hydrogen (secondary N) is 1. The van der Waals surface area contributed by atoms with Crippen LogP contribution in [0, 0.1) is 6.92 Å². The number of hydrogen-bond donors (Lipinski definition) is 1. The van der Waals surface area contributed by atoms with E-state index in [2.05, 4.69) is 20.1 Å². The van der Waals surface area contributed by atoms with Crippen LogP contribution in [0.5, 0.6) is 5.75 Å². The third kappa shape index (κ3) is 5.31. The molecule has 0 radical (unpaired) electrons. The molecule has 6 nitrogen and oxygen atoms in total. The summed E-state index contributed by atoms with van der Waals surface area (Å²) in [6.07, 6.45) is 6.57. The van der Waals surface area contributed by atoms with E-state index < -0.39 is 0 Å². The molecule has 2 heterocycles. The lowest BCUT2D eigenvalue weighted by Crippen LogP contribution is -2.26. The first-order valence-corrected chi connectivity index (χ1v) is 9.59. The lowest BCUT2D eigenvalue weighted by atomic mass is 10.2. The maximum Gasteiger partial charge on any atom is 0.220 e. The monoisotopic (exact) mass is 356 g/mol. The van der Waals surface area contributed by atoms with Gasteiger partial charge in [0, 0.05) is 32.4 Å². The van der Waals surface area contributed by atoms with Crippen LogP contribution in [0.15, 0.2) is 24.3 Å². The van der Waals surface area contributed by atoms with Crippen molar-refractivity contribution in [3.63, 3.8) is 0 Å². The van der Waals surface area contributed by atoms with Gasteiger partial charge < -0.3 is 14.6 Å². The van der Waals surface area contributed by atoms with Crippen molar-refractivity contribution in [3.05, 3.63) is 41.5 Å². The summed E-state index contributed by atoms with van der Waals surface area (Å²) in [5.74, 6) is 3.01. The number of nitrogens with zero attached hydrogens (tertiary/aromatic N) is 3. The van der Waals surface area contributed by atoms with Gasteiger partial charge in [0.1, 0.15) is 17.4 Å². The van der Waals surface area contributed by atoms with Crippen LogP contribution in [0.1, 0.15) is 49.3 Å². The van der Waals surface area contributed by atoms with Gasteiger partial charge in [0.05, 0.1) is 6.61 Å². The van der Waals surface area contributed by atoms with Crippen molar-refractivity contribution in [2.24, 2.45) is 0 Å². The Morgan fingerprint density at radius 2 is 2.19 bits per heavy atom. The van der Waals surface area contributed by atoms with Gasteiger partial charge in [0.2, 0.25) is 5.91 Å². The number of amides is 1. The SMILES string of the molecule is Cc1cccc(OCCCC(=O)NCCc2nnc3n2CCCCC3)c1. The molecule has 0 saturated carbocycles. The molecular formula is C20H28N4O2. The van der Waals surface area contributed by atoms with E-state index in [4.69, 9.17) is 4.74 Å². The average molecular weight is 356 g/mol. The van der Waals surface area contributed by atoms with Gasteiger partial charge in [-0.3, -0.25) is 4.79 Å². The van der Waals surface area contributed by atoms with Crippen molar-refractivity contribution in [1.82, 2.24) is 20.1 Å². The fourth-order valence-corrected chi connectivity index (χ4v) is 3.26. The van der Waals surface area contributed by atoms with Crippen LogP contribution in [0.25, 0.3) is 0 Å². The zero-order valence-electron chi connectivity index (χ0n) is 15.5. The van der Waals surface area contributed by atoms with Crippen molar-refractivity contribution in [2.75, 3.05) is 13.2 Å². The summed E-state index contributed by atoms with van der Waals surface area (Å²) in [6, 6.07) is 7.95. The number of ether oxygens (including phenoxy) is 1. The second-order valence-corrected chi connectivity index (χ2v) is 6.86. The highest BCUT2D eigenvalue weighted by atomic mass is 16.5. The average Bonchev–Trinajstić information content (AvgIpc) is 2.86. The molecule has 1 N–H and O–H groups in total. The van der Waals surface area contributed by atoms with Gasteiger partial charge in [-0.25, -0.2) is 0 Å². The van der Waals surface area contributed by atoms with Crippen LogP contribution in [0.4, 0.5) is 0 Å². The molecule has 3 rings (SSSR count). The Hall–Kier alpha value is -2.37. The van der Waals surface area contributed by atoms with E-state index in [1.165, 1.54) is 24.8 Å². The minimum atomic E-state index is 0.0634. The Morgan fingerprint density at radius 3 is 3.08 bits per heavy atom. The van der Waals surface area contributed by atoms with E-state index in [0.717, 1.165) is 36.8 Å². The predicted molar refractivity (Wildman–Crippen MR) is 100 cm³/mol. The number of benzene rings is 1. The summed E-state index contributed by atoms with van der Waals surface area (Å²) in [5, 5.41) is 11.6. The number of carbonyl (C=O) groups is 1. The summed E-state index contributed by atoms with van der Waals surface area (Å²) in [4.78, 5) is 12.0. The lowest BCUT2D eigenvalue weighted by Gasteiger charge is -2.09. The van der Waals surface area contributed by atoms with Crippen LogP contribution in [-0.2, 0) is 24.2 Å². The van der Waals surface area contributed by atoms with E-state index in [0.29, 0.717) is 26.0 Å². The molecule has 0 saturated heterocycles. The summed E-state index contributed by atoms with van der Waals surface area (Å²) >= 11 is 0. The number of carbonyl (C=O) groups excluding carboxylic acids is 1. The second kappa shape index (κ2) is 9.36. The normalized spacial score (nSPS) is 13.7. The first-order chi connectivity index (χ1) is 12.7. The van der Waals surface area contributed by atoms with Crippen LogP contribution in [0.3, 0.4) is 0 Å². The number of aryl methyl sites for hydroxylation is 2. The van der Waals surface area contributed by atoms with Crippen LogP contribution >= 0.6 is 0 Å². The van der Waals surface area contributed by atoms with Gasteiger partial charge in [-0.15, -0.1) is 10.2 Å². The molecule has 0 fully saturated rings. The van der Waals surface area contributed by atoms with Crippen molar-refractivity contribution >= 4 is 5.91 Å². The number of hydrogen-bond acceptors (Lipinski definition) is 4. The summed E-state index contributed by atoms with van der Waals surface area (Å²) in [7, 11) is 0. The number of fused-ring (bicyclic) bond motifs is 1. The molecular weight excluding hydrogens is 328 g/mol. The van der Waals surface area contributed by atoms with Crippen LogP contribution in [0.2, 0.25) is 0 Å². The number of aromatic nitrogens is 3. The maximum absolute atomic E-state index is 12.0. The van der Waals surface area contributed by atoms with E-state index in [1.807, 2.05) is 31.2 Å². The first-order valence-electron chi connectivity index (χ1n) is 9.59. The Labute approximate surface area is 155 Å². The lowest BCUT2D eigenvalue weighted by molar-refractivity contribution is -0.121. The topological polar surface area (TPSA) is 69.0 Å². The van der Waals surface area contributed by atoms with Gasteiger partial charge in [0.25, 0.3) is 0 Å². The highest BCUT2D eigenvalue weighted by molar-refractivity contribution is 5.75. The minimum absolute atomic E-state index is 0.0634. The molecule has 0 atom stereocenters. The highest BCUT2D eigenvalue weighted by Gasteiger charge is 2.14. The standard InChI is InChI=1S/C20H28N4O2/c1-16-7-5-8-17(15-16)26-14-6-10-20(25)21-12-11-19-23-22-18-9-3-2-4-13-24(18)19/h5,7-8,15H,2-4,6,9-14H2,1H3,(H,21,25). The molecule has 0 spiro atoms. The number of rotatable bonds is 8. The third-order valence-electron chi connectivity index (χ3n) is 4.66. The van der Waals surface area contributed by atoms with Gasteiger partial charge >= 0.3 is 0 Å². The van der Waals surface area contributed by atoms with E-state index >= 15 is 0 Å². The Morgan fingerprint density at radius 1 is 1.27 bits per heavy atom. The van der Waals surface area contributed by atoms with Gasteiger partial charge in [-0.2, -0.15) is 0 Å². The molecule has 0 aliphatic carbocycles.